The number of aromatic nitrogens is 1. The van der Waals surface area contributed by atoms with Crippen molar-refractivity contribution in [1.29, 1.82) is 0 Å². The number of ether oxygens (including phenoxy) is 1. The summed E-state index contributed by atoms with van der Waals surface area (Å²) >= 11 is 5.81. The molecular weight excluding hydrogens is 238 g/mol. The molecule has 0 saturated carbocycles. The molecule has 1 aromatic heterocycles. The maximum absolute atomic E-state index is 12.5. The average molecular weight is 251 g/mol. The van der Waals surface area contributed by atoms with Gasteiger partial charge >= 0.3 is 0 Å². The van der Waals surface area contributed by atoms with Crippen LogP contribution in [0.15, 0.2) is 12.3 Å². The van der Waals surface area contributed by atoms with Crippen molar-refractivity contribution in [1.82, 2.24) is 4.98 Å². The van der Waals surface area contributed by atoms with Crippen molar-refractivity contribution in [2.45, 2.75) is 25.8 Å². The normalized spacial score (nSPS) is 13.6. The molecule has 1 atom stereocenters. The standard InChI is InChI=1S/C10H13ClF2N2O/c1-6(14)7-3-8(11)9(15-4-7)16-5-10(2,12)13/h3-4,6H,5,14H2,1-2H3. The summed E-state index contributed by atoms with van der Waals surface area (Å²) in [5, 5.41) is 0.180. The highest BCUT2D eigenvalue weighted by molar-refractivity contribution is 6.31. The van der Waals surface area contributed by atoms with Crippen molar-refractivity contribution >= 4 is 11.6 Å². The van der Waals surface area contributed by atoms with Crippen molar-refractivity contribution in [3.63, 3.8) is 0 Å². The first-order chi connectivity index (χ1) is 7.29. The summed E-state index contributed by atoms with van der Waals surface area (Å²) in [4.78, 5) is 3.84. The maximum Gasteiger partial charge on any atom is 0.278 e. The molecule has 90 valence electrons. The Morgan fingerprint density at radius 2 is 2.25 bits per heavy atom. The molecular formula is C10H13ClF2N2O. The van der Waals surface area contributed by atoms with Crippen LogP contribution >= 0.6 is 11.6 Å². The monoisotopic (exact) mass is 250 g/mol. The number of hydrogen-bond donors (Lipinski definition) is 1. The second kappa shape index (κ2) is 4.93. The van der Waals surface area contributed by atoms with Gasteiger partial charge in [-0.05, 0) is 18.6 Å². The van der Waals surface area contributed by atoms with E-state index in [1.165, 1.54) is 6.20 Å². The van der Waals surface area contributed by atoms with E-state index in [1.54, 1.807) is 13.0 Å². The molecule has 1 aromatic rings. The van der Waals surface area contributed by atoms with Crippen molar-refractivity contribution < 1.29 is 13.5 Å². The minimum absolute atomic E-state index is 0.00686. The van der Waals surface area contributed by atoms with Gasteiger partial charge in [0.05, 0.1) is 0 Å². The first kappa shape index (κ1) is 13.1. The van der Waals surface area contributed by atoms with Crippen LogP contribution in [-0.2, 0) is 0 Å². The molecule has 0 saturated heterocycles. The number of hydrogen-bond acceptors (Lipinski definition) is 3. The molecule has 16 heavy (non-hydrogen) atoms. The van der Waals surface area contributed by atoms with Gasteiger partial charge in [-0.2, -0.15) is 0 Å². The van der Waals surface area contributed by atoms with Gasteiger partial charge in [-0.15, -0.1) is 0 Å². The highest BCUT2D eigenvalue weighted by Crippen LogP contribution is 2.25. The fourth-order valence-electron chi connectivity index (χ4n) is 0.990. The topological polar surface area (TPSA) is 48.1 Å². The number of rotatable bonds is 4. The van der Waals surface area contributed by atoms with Gasteiger partial charge in [0.15, 0.2) is 6.61 Å². The van der Waals surface area contributed by atoms with Gasteiger partial charge in [-0.25, -0.2) is 13.8 Å². The first-order valence-electron chi connectivity index (χ1n) is 4.71. The highest BCUT2D eigenvalue weighted by atomic mass is 35.5. The third-order valence-corrected chi connectivity index (χ3v) is 2.09. The molecule has 0 fully saturated rings. The largest absolute Gasteiger partial charge is 0.470 e. The molecule has 1 heterocycles. The number of nitrogens with two attached hydrogens (primary N) is 1. The first-order valence-corrected chi connectivity index (χ1v) is 5.09. The Labute approximate surface area is 97.6 Å². The quantitative estimate of drug-likeness (QED) is 0.894. The van der Waals surface area contributed by atoms with Crippen LogP contribution in [0.4, 0.5) is 8.78 Å². The fourth-order valence-corrected chi connectivity index (χ4v) is 1.22. The zero-order valence-electron chi connectivity index (χ0n) is 9.01. The van der Waals surface area contributed by atoms with E-state index in [-0.39, 0.29) is 16.9 Å². The van der Waals surface area contributed by atoms with Crippen LogP contribution in [0.2, 0.25) is 5.02 Å². The van der Waals surface area contributed by atoms with Gasteiger partial charge in [0.1, 0.15) is 5.02 Å². The molecule has 3 nitrogen and oxygen atoms in total. The smallest absolute Gasteiger partial charge is 0.278 e. The van der Waals surface area contributed by atoms with Gasteiger partial charge in [0, 0.05) is 19.2 Å². The summed E-state index contributed by atoms with van der Waals surface area (Å²) in [6.07, 6.45) is 1.46. The Morgan fingerprint density at radius 3 is 2.69 bits per heavy atom. The SMILES string of the molecule is CC(N)c1cnc(OCC(C)(F)F)c(Cl)c1. The second-order valence-corrected chi connectivity index (χ2v) is 4.11. The Kier molecular flexibility index (Phi) is 4.04. The minimum Gasteiger partial charge on any atom is -0.470 e. The van der Waals surface area contributed by atoms with E-state index in [0.717, 1.165) is 12.5 Å². The van der Waals surface area contributed by atoms with E-state index in [4.69, 9.17) is 22.1 Å². The molecule has 1 rings (SSSR count). The summed E-state index contributed by atoms with van der Waals surface area (Å²) in [6, 6.07) is 1.34. The van der Waals surface area contributed by atoms with Gasteiger partial charge in [0.2, 0.25) is 5.88 Å². The van der Waals surface area contributed by atoms with Crippen LogP contribution in [0, 0.1) is 0 Å². The van der Waals surface area contributed by atoms with Gasteiger partial charge in [-0.1, -0.05) is 11.6 Å². The van der Waals surface area contributed by atoms with Crippen LogP contribution in [0.25, 0.3) is 0 Å². The summed E-state index contributed by atoms with van der Waals surface area (Å²) in [5.74, 6) is -2.92. The molecule has 0 radical (unpaired) electrons. The summed E-state index contributed by atoms with van der Waals surface area (Å²) in [6.45, 7) is 1.78. The van der Waals surface area contributed by atoms with E-state index in [0.29, 0.717) is 0 Å². The summed E-state index contributed by atoms with van der Waals surface area (Å²) < 4.78 is 29.9. The van der Waals surface area contributed by atoms with Crippen molar-refractivity contribution in [3.8, 4) is 5.88 Å². The van der Waals surface area contributed by atoms with Gasteiger partial charge < -0.3 is 10.5 Å². The number of nitrogens with zero attached hydrogens (tertiary/aromatic N) is 1. The average Bonchev–Trinajstić information content (AvgIpc) is 2.14. The van der Waals surface area contributed by atoms with Crippen LogP contribution < -0.4 is 10.5 Å². The summed E-state index contributed by atoms with van der Waals surface area (Å²) in [5.41, 5.74) is 6.34. The van der Waals surface area contributed by atoms with E-state index in [2.05, 4.69) is 4.98 Å². The predicted molar refractivity (Wildman–Crippen MR) is 58.0 cm³/mol. The molecule has 0 aliphatic carbocycles. The summed E-state index contributed by atoms with van der Waals surface area (Å²) in [7, 11) is 0. The Hall–Kier alpha value is -0.940. The van der Waals surface area contributed by atoms with Crippen LogP contribution in [-0.4, -0.2) is 17.5 Å². The van der Waals surface area contributed by atoms with Crippen molar-refractivity contribution in [2.24, 2.45) is 5.73 Å². The predicted octanol–water partition coefficient (Wildman–Crippen LogP) is 2.79. The van der Waals surface area contributed by atoms with Crippen molar-refractivity contribution in [3.05, 3.63) is 22.8 Å². The third kappa shape index (κ3) is 3.90. The van der Waals surface area contributed by atoms with E-state index in [9.17, 15) is 8.78 Å². The van der Waals surface area contributed by atoms with Crippen LogP contribution in [0.5, 0.6) is 5.88 Å². The Bertz CT molecular complexity index is 366. The van der Waals surface area contributed by atoms with E-state index in [1.807, 2.05) is 0 Å². The lowest BCUT2D eigenvalue weighted by Crippen LogP contribution is -2.21. The molecule has 6 heteroatoms. The zero-order chi connectivity index (χ0) is 12.3. The molecule has 0 aromatic carbocycles. The molecule has 0 spiro atoms. The highest BCUT2D eigenvalue weighted by Gasteiger charge is 2.23. The van der Waals surface area contributed by atoms with Crippen LogP contribution in [0.1, 0.15) is 25.5 Å². The van der Waals surface area contributed by atoms with E-state index >= 15 is 0 Å². The second-order valence-electron chi connectivity index (χ2n) is 3.70. The zero-order valence-corrected chi connectivity index (χ0v) is 9.76. The van der Waals surface area contributed by atoms with Gasteiger partial charge in [0.25, 0.3) is 5.92 Å². The lowest BCUT2D eigenvalue weighted by Gasteiger charge is -2.13. The maximum atomic E-state index is 12.5. The fraction of sp³-hybridized carbons (Fsp3) is 0.500. The number of alkyl halides is 2. The lowest BCUT2D eigenvalue weighted by molar-refractivity contribution is -0.0242. The van der Waals surface area contributed by atoms with Crippen LogP contribution in [0.3, 0.4) is 0 Å². The van der Waals surface area contributed by atoms with E-state index < -0.39 is 12.5 Å². The molecule has 0 aliphatic heterocycles. The number of pyridine rings is 1. The third-order valence-electron chi connectivity index (χ3n) is 1.82. The molecule has 2 N–H and O–H groups in total. The molecule has 0 amide bonds. The van der Waals surface area contributed by atoms with Gasteiger partial charge in [-0.3, -0.25) is 0 Å². The molecule has 0 aliphatic rings. The minimum atomic E-state index is -2.91. The molecule has 1 unspecified atom stereocenters. The lowest BCUT2D eigenvalue weighted by atomic mass is 10.2. The molecule has 0 bridgehead atoms. The number of halogens is 3. The van der Waals surface area contributed by atoms with Crippen molar-refractivity contribution in [2.75, 3.05) is 6.61 Å². The Morgan fingerprint density at radius 1 is 1.62 bits per heavy atom. The Balaban J connectivity index is 2.76.